The topological polar surface area (TPSA) is 48.8 Å². The zero-order valence-corrected chi connectivity index (χ0v) is 10.6. The van der Waals surface area contributed by atoms with Gasteiger partial charge < -0.3 is 0 Å². The van der Waals surface area contributed by atoms with Crippen LogP contribution >= 0.6 is 0 Å². The maximum atomic E-state index is 8.16. The van der Waals surface area contributed by atoms with E-state index in [1.807, 2.05) is 6.07 Å². The fourth-order valence-electron chi connectivity index (χ4n) is 1.91. The Labute approximate surface area is 109 Å². The van der Waals surface area contributed by atoms with Crippen molar-refractivity contribution in [1.82, 2.24) is 0 Å². The van der Waals surface area contributed by atoms with Gasteiger partial charge >= 0.3 is 0 Å². The first-order chi connectivity index (χ1) is 8.86. The summed E-state index contributed by atoms with van der Waals surface area (Å²) in [6.07, 6.45) is 10.6. The highest BCUT2D eigenvalue weighted by Crippen LogP contribution is 2.15. The molecular weight excluding hydrogens is 222 g/mol. The summed E-state index contributed by atoms with van der Waals surface area (Å²) in [5.41, 5.74) is 9.50. The van der Waals surface area contributed by atoms with Crippen LogP contribution in [0.4, 0.5) is 0 Å². The number of hydrogen-bond donors (Lipinski definition) is 0. The number of hydrogen-bond acceptors (Lipinski definition) is 1. The molecule has 3 nitrogen and oxygen atoms in total. The summed E-state index contributed by atoms with van der Waals surface area (Å²) in [5.74, 6) is 3.19. The molecule has 0 aliphatic rings. The van der Waals surface area contributed by atoms with E-state index in [-0.39, 0.29) is 0 Å². The third-order valence-corrected chi connectivity index (χ3v) is 2.98. The van der Waals surface area contributed by atoms with Crippen molar-refractivity contribution >= 4 is 0 Å². The zero-order chi connectivity index (χ0) is 13.1. The maximum absolute atomic E-state index is 8.16. The molecule has 0 N–H and O–H groups in total. The van der Waals surface area contributed by atoms with Crippen LogP contribution in [0.25, 0.3) is 10.4 Å². The predicted molar refractivity (Wildman–Crippen MR) is 75.0 cm³/mol. The number of azide groups is 1. The van der Waals surface area contributed by atoms with E-state index in [9.17, 15) is 0 Å². The van der Waals surface area contributed by atoms with Gasteiger partial charge in [-0.3, -0.25) is 0 Å². The normalized spacial score (nSPS) is 11.3. The van der Waals surface area contributed by atoms with Crippen LogP contribution in [0, 0.1) is 18.3 Å². The number of benzene rings is 1. The summed E-state index contributed by atoms with van der Waals surface area (Å²) in [6, 6.07) is 10.4. The standard InChI is InChI=1S/C15H19N3/c1-2-14(8-6-7-13-17-18-16)11-12-15-9-4-3-5-10-15/h1,3-5,9-10,14H,6-8,11-13H2. The Morgan fingerprint density at radius 3 is 2.67 bits per heavy atom. The molecule has 94 valence electrons. The molecule has 1 aromatic rings. The quantitative estimate of drug-likeness (QED) is 0.214. The highest BCUT2D eigenvalue weighted by atomic mass is 15.1. The van der Waals surface area contributed by atoms with Gasteiger partial charge in [-0.2, -0.15) is 0 Å². The first kappa shape index (κ1) is 14.2. The second kappa shape index (κ2) is 9.15. The van der Waals surface area contributed by atoms with Gasteiger partial charge in [0.2, 0.25) is 0 Å². The van der Waals surface area contributed by atoms with Crippen molar-refractivity contribution in [3.05, 3.63) is 46.3 Å². The lowest BCUT2D eigenvalue weighted by molar-refractivity contribution is 0.527. The van der Waals surface area contributed by atoms with Crippen molar-refractivity contribution in [2.75, 3.05) is 6.54 Å². The molecule has 0 spiro atoms. The summed E-state index contributed by atoms with van der Waals surface area (Å²) < 4.78 is 0. The van der Waals surface area contributed by atoms with Gasteiger partial charge in [-0.05, 0) is 36.8 Å². The molecule has 0 saturated carbocycles. The van der Waals surface area contributed by atoms with Crippen LogP contribution < -0.4 is 0 Å². The molecule has 0 amide bonds. The average molecular weight is 241 g/mol. The van der Waals surface area contributed by atoms with Crippen LogP contribution in [0.5, 0.6) is 0 Å². The van der Waals surface area contributed by atoms with Crippen LogP contribution in [0.2, 0.25) is 0 Å². The van der Waals surface area contributed by atoms with Crippen molar-refractivity contribution in [3.63, 3.8) is 0 Å². The van der Waals surface area contributed by atoms with Crippen molar-refractivity contribution in [1.29, 1.82) is 0 Å². The molecule has 0 aliphatic carbocycles. The Kier molecular flexibility index (Phi) is 7.20. The molecule has 0 radical (unpaired) electrons. The molecule has 0 aliphatic heterocycles. The van der Waals surface area contributed by atoms with Gasteiger partial charge in [-0.1, -0.05) is 41.9 Å². The molecule has 0 bridgehead atoms. The second-order valence-corrected chi connectivity index (χ2v) is 4.34. The fraction of sp³-hybridized carbons (Fsp3) is 0.467. The molecule has 1 unspecified atom stereocenters. The zero-order valence-electron chi connectivity index (χ0n) is 10.6. The molecule has 1 atom stereocenters. The second-order valence-electron chi connectivity index (χ2n) is 4.34. The van der Waals surface area contributed by atoms with Crippen LogP contribution in [0.15, 0.2) is 35.4 Å². The Balaban J connectivity index is 2.22. The monoisotopic (exact) mass is 241 g/mol. The summed E-state index contributed by atoms with van der Waals surface area (Å²) in [4.78, 5) is 2.73. The van der Waals surface area contributed by atoms with Crippen molar-refractivity contribution < 1.29 is 0 Å². The Hall–Kier alpha value is -1.91. The number of unbranched alkanes of at least 4 members (excludes halogenated alkanes) is 1. The largest absolute Gasteiger partial charge is 0.120 e. The molecular formula is C15H19N3. The molecule has 18 heavy (non-hydrogen) atoms. The van der Waals surface area contributed by atoms with Crippen LogP contribution in [0.1, 0.15) is 31.2 Å². The smallest absolute Gasteiger partial charge is 0.0257 e. The number of aryl methyl sites for hydroxylation is 1. The minimum Gasteiger partial charge on any atom is -0.120 e. The van der Waals surface area contributed by atoms with Gasteiger partial charge in [0.25, 0.3) is 0 Å². The third kappa shape index (κ3) is 5.98. The van der Waals surface area contributed by atoms with E-state index < -0.39 is 0 Å². The van der Waals surface area contributed by atoms with Crippen molar-refractivity contribution in [3.8, 4) is 12.3 Å². The van der Waals surface area contributed by atoms with E-state index in [0.29, 0.717) is 12.5 Å². The summed E-state index contributed by atoms with van der Waals surface area (Å²) in [7, 11) is 0. The molecule has 1 rings (SSSR count). The van der Waals surface area contributed by atoms with Crippen LogP contribution in [0.3, 0.4) is 0 Å². The third-order valence-electron chi connectivity index (χ3n) is 2.98. The average Bonchev–Trinajstić information content (AvgIpc) is 2.43. The van der Waals surface area contributed by atoms with Gasteiger partial charge in [0.1, 0.15) is 0 Å². The predicted octanol–water partition coefficient (Wildman–Crippen LogP) is 4.35. The Bertz CT molecular complexity index is 413. The lowest BCUT2D eigenvalue weighted by Gasteiger charge is -2.09. The first-order valence-corrected chi connectivity index (χ1v) is 6.37. The van der Waals surface area contributed by atoms with E-state index in [0.717, 1.165) is 32.1 Å². The Morgan fingerprint density at radius 2 is 2.00 bits per heavy atom. The number of nitrogens with zero attached hydrogens (tertiary/aromatic N) is 3. The van der Waals surface area contributed by atoms with E-state index in [1.54, 1.807) is 0 Å². The lowest BCUT2D eigenvalue weighted by Crippen LogP contribution is -2.00. The van der Waals surface area contributed by atoms with Crippen LogP contribution in [-0.4, -0.2) is 6.54 Å². The van der Waals surface area contributed by atoms with Crippen LogP contribution in [-0.2, 0) is 6.42 Å². The van der Waals surface area contributed by atoms with E-state index in [4.69, 9.17) is 12.0 Å². The lowest BCUT2D eigenvalue weighted by atomic mass is 9.95. The van der Waals surface area contributed by atoms with Gasteiger partial charge in [-0.15, -0.1) is 12.3 Å². The van der Waals surface area contributed by atoms with Crippen molar-refractivity contribution in [2.45, 2.75) is 32.1 Å². The highest BCUT2D eigenvalue weighted by molar-refractivity contribution is 5.15. The summed E-state index contributed by atoms with van der Waals surface area (Å²) in [6.45, 7) is 0.576. The van der Waals surface area contributed by atoms with Gasteiger partial charge in [0.05, 0.1) is 0 Å². The fourth-order valence-corrected chi connectivity index (χ4v) is 1.91. The number of rotatable bonds is 8. The minimum atomic E-state index is 0.330. The molecule has 0 saturated heterocycles. The maximum Gasteiger partial charge on any atom is 0.0257 e. The van der Waals surface area contributed by atoms with E-state index >= 15 is 0 Å². The Morgan fingerprint density at radius 1 is 1.22 bits per heavy atom. The molecule has 3 heteroatoms. The molecule has 1 aromatic carbocycles. The number of terminal acetylenes is 1. The first-order valence-electron chi connectivity index (χ1n) is 6.37. The molecule has 0 heterocycles. The minimum absolute atomic E-state index is 0.330. The van der Waals surface area contributed by atoms with Gasteiger partial charge in [0.15, 0.2) is 0 Å². The van der Waals surface area contributed by atoms with E-state index in [1.165, 1.54) is 5.56 Å². The van der Waals surface area contributed by atoms with Crippen molar-refractivity contribution in [2.24, 2.45) is 11.0 Å². The summed E-state index contributed by atoms with van der Waals surface area (Å²) >= 11 is 0. The molecule has 0 aromatic heterocycles. The molecule has 0 fully saturated rings. The summed E-state index contributed by atoms with van der Waals surface area (Å²) in [5, 5.41) is 3.52. The van der Waals surface area contributed by atoms with Gasteiger partial charge in [0, 0.05) is 17.4 Å². The van der Waals surface area contributed by atoms with Gasteiger partial charge in [-0.25, -0.2) is 0 Å². The SMILES string of the molecule is C#CC(CCCCN=[N+]=[N-])CCc1ccccc1. The highest BCUT2D eigenvalue weighted by Gasteiger charge is 2.05. The van der Waals surface area contributed by atoms with E-state index in [2.05, 4.69) is 40.2 Å².